The van der Waals surface area contributed by atoms with Crippen molar-refractivity contribution in [1.29, 1.82) is 0 Å². The number of nitrogens with one attached hydrogen (secondary N) is 1. The number of cyclic esters (lactones) is 1. The third kappa shape index (κ3) is 8.84. The summed E-state index contributed by atoms with van der Waals surface area (Å²) in [6.07, 6.45) is 0.446. The van der Waals surface area contributed by atoms with E-state index in [0.29, 0.717) is 97.3 Å². The van der Waals surface area contributed by atoms with Crippen LogP contribution in [0.5, 0.6) is 17.2 Å². The summed E-state index contributed by atoms with van der Waals surface area (Å²) in [7, 11) is 0. The molecule has 7 heterocycles. The molecule has 2 fully saturated rings. The highest BCUT2D eigenvalue weighted by Crippen LogP contribution is 2.42. The number of nitrogens with zero attached hydrogens (tertiary/aromatic N) is 8. The molecule has 4 aliphatic rings. The van der Waals surface area contributed by atoms with Crippen molar-refractivity contribution < 1.29 is 44.3 Å². The van der Waals surface area contributed by atoms with Gasteiger partial charge in [0.2, 0.25) is 5.91 Å². The summed E-state index contributed by atoms with van der Waals surface area (Å²) in [5, 5.41) is 56.2. The number of aliphatic hydroxyl groups is 2. The van der Waals surface area contributed by atoms with Gasteiger partial charge >= 0.3 is 12.1 Å². The SMILES string of the molecule is CCNC(O)c1nnc(-c2cc(C(C)C)c(O)cc2O)n1-c1ccc(CN2CCC(C(=O)N3CCN(C(=O)Oc4ccc5nc6c(c(CC)c5c4)Cn4c-6cc5c(c4=O)COC(=O)C5(O)CC)C(C)C3)CC2)cc1. The Balaban J connectivity index is 0.756. The van der Waals surface area contributed by atoms with E-state index in [0.717, 1.165) is 35.2 Å². The number of carbonyl (C=O) groups is 3. The van der Waals surface area contributed by atoms with Gasteiger partial charge in [-0.05, 0) is 117 Å². The summed E-state index contributed by atoms with van der Waals surface area (Å²) in [6, 6.07) is 17.6. The van der Waals surface area contributed by atoms with Crippen LogP contribution in [0.3, 0.4) is 0 Å². The topological polar surface area (TPSA) is 238 Å². The van der Waals surface area contributed by atoms with Crippen molar-refractivity contribution in [2.75, 3.05) is 39.3 Å². The lowest BCUT2D eigenvalue weighted by Crippen LogP contribution is -2.57. The van der Waals surface area contributed by atoms with Gasteiger partial charge < -0.3 is 44.3 Å². The van der Waals surface area contributed by atoms with E-state index in [2.05, 4.69) is 20.4 Å². The molecule has 388 valence electrons. The molecule has 3 unspecified atom stereocenters. The third-order valence-corrected chi connectivity index (χ3v) is 15.4. The average molecular weight is 1010 g/mol. The first-order chi connectivity index (χ1) is 35.5. The number of aliphatic hydroxyl groups excluding tert-OH is 1. The van der Waals surface area contributed by atoms with Gasteiger partial charge in [-0.2, -0.15) is 0 Å². The molecule has 0 saturated carbocycles. The Bertz CT molecular complexity index is 3250. The molecule has 3 aromatic heterocycles. The van der Waals surface area contributed by atoms with Crippen LogP contribution in [0.4, 0.5) is 4.79 Å². The number of esters is 1. The van der Waals surface area contributed by atoms with Gasteiger partial charge in [-0.1, -0.05) is 46.8 Å². The molecule has 0 radical (unpaired) electrons. The van der Waals surface area contributed by atoms with Crippen molar-refractivity contribution in [2.24, 2.45) is 5.92 Å². The summed E-state index contributed by atoms with van der Waals surface area (Å²) >= 11 is 0. The lowest BCUT2D eigenvalue weighted by molar-refractivity contribution is -0.172. The van der Waals surface area contributed by atoms with Gasteiger partial charge in [0.05, 0.1) is 34.6 Å². The number of aryl methyl sites for hydroxylation is 1. The van der Waals surface area contributed by atoms with Crippen LogP contribution in [0.2, 0.25) is 0 Å². The average Bonchev–Trinajstić information content (AvgIpc) is 4.00. The zero-order chi connectivity index (χ0) is 52.3. The molecule has 6 aromatic rings. The lowest BCUT2D eigenvalue weighted by atomic mass is 9.86. The number of likely N-dealkylation sites (tertiary alicyclic amines) is 1. The highest BCUT2D eigenvalue weighted by Gasteiger charge is 2.46. The maximum Gasteiger partial charge on any atom is 0.415 e. The van der Waals surface area contributed by atoms with Crippen LogP contribution in [0.25, 0.3) is 39.4 Å². The highest BCUT2D eigenvalue weighted by molar-refractivity contribution is 5.90. The van der Waals surface area contributed by atoms with Crippen LogP contribution in [0.15, 0.2) is 65.5 Å². The van der Waals surface area contributed by atoms with E-state index < -0.39 is 23.9 Å². The Morgan fingerprint density at radius 1 is 0.932 bits per heavy atom. The first kappa shape index (κ1) is 50.3. The van der Waals surface area contributed by atoms with E-state index >= 15 is 0 Å². The van der Waals surface area contributed by atoms with E-state index in [-0.39, 0.29) is 77.4 Å². The Kier molecular flexibility index (Phi) is 13.6. The number of amides is 2. The van der Waals surface area contributed by atoms with E-state index in [4.69, 9.17) is 14.5 Å². The highest BCUT2D eigenvalue weighted by atomic mass is 16.6. The maximum absolute atomic E-state index is 14.0. The molecule has 74 heavy (non-hydrogen) atoms. The molecule has 2 saturated heterocycles. The third-order valence-electron chi connectivity index (χ3n) is 15.4. The van der Waals surface area contributed by atoms with Crippen molar-refractivity contribution in [3.8, 4) is 45.7 Å². The molecule has 10 rings (SSSR count). The number of piperazine rings is 1. The van der Waals surface area contributed by atoms with Crippen LogP contribution in [0, 0.1) is 5.92 Å². The molecule has 19 heteroatoms. The minimum Gasteiger partial charge on any atom is -0.508 e. The molecule has 5 N–H and O–H groups in total. The van der Waals surface area contributed by atoms with Crippen molar-refractivity contribution in [3.05, 3.63) is 110 Å². The van der Waals surface area contributed by atoms with Gasteiger partial charge in [-0.15, -0.1) is 10.2 Å². The Hall–Kier alpha value is -7.19. The second-order valence-corrected chi connectivity index (χ2v) is 20.2. The molecular weight excluding hydrogens is 947 g/mol. The molecule has 4 aliphatic heterocycles. The van der Waals surface area contributed by atoms with Gasteiger partial charge in [-0.25, -0.2) is 14.6 Å². The fraction of sp³-hybridized carbons (Fsp3) is 0.436. The molecule has 0 bridgehead atoms. The Morgan fingerprint density at radius 2 is 1.69 bits per heavy atom. The minimum absolute atomic E-state index is 0.0134. The lowest BCUT2D eigenvalue weighted by Gasteiger charge is -2.41. The van der Waals surface area contributed by atoms with Crippen LogP contribution in [-0.2, 0) is 46.0 Å². The fourth-order valence-electron chi connectivity index (χ4n) is 11.2. The number of benzene rings is 3. The molecular formula is C55H63N9O10. The second-order valence-electron chi connectivity index (χ2n) is 20.2. The van der Waals surface area contributed by atoms with E-state index in [1.54, 1.807) is 45.2 Å². The van der Waals surface area contributed by atoms with E-state index in [1.807, 2.05) is 69.9 Å². The summed E-state index contributed by atoms with van der Waals surface area (Å²) in [4.78, 5) is 65.0. The number of hydrogen-bond acceptors (Lipinski definition) is 15. The van der Waals surface area contributed by atoms with Gasteiger partial charge in [0.1, 0.15) is 23.9 Å². The van der Waals surface area contributed by atoms with Crippen LogP contribution in [-0.4, -0.2) is 123 Å². The first-order valence-corrected chi connectivity index (χ1v) is 25.7. The Labute approximate surface area is 428 Å². The minimum atomic E-state index is -1.92. The molecule has 3 atom stereocenters. The number of rotatable bonds is 12. The molecule has 19 nitrogen and oxygen atoms in total. The van der Waals surface area contributed by atoms with Crippen molar-refractivity contribution in [3.63, 3.8) is 0 Å². The number of piperidine rings is 1. The number of phenols is 2. The molecule has 0 spiro atoms. The summed E-state index contributed by atoms with van der Waals surface area (Å²) < 4.78 is 14.6. The van der Waals surface area contributed by atoms with Crippen molar-refractivity contribution in [1.82, 2.24) is 44.3 Å². The van der Waals surface area contributed by atoms with E-state index in [9.17, 15) is 39.6 Å². The van der Waals surface area contributed by atoms with Crippen LogP contribution >= 0.6 is 0 Å². The van der Waals surface area contributed by atoms with Crippen molar-refractivity contribution in [2.45, 2.75) is 111 Å². The first-order valence-electron chi connectivity index (χ1n) is 25.7. The summed E-state index contributed by atoms with van der Waals surface area (Å²) in [5.41, 5.74) is 4.63. The Morgan fingerprint density at radius 3 is 2.38 bits per heavy atom. The van der Waals surface area contributed by atoms with E-state index in [1.165, 1.54) is 6.07 Å². The van der Waals surface area contributed by atoms with Gasteiger partial charge in [0.15, 0.2) is 23.5 Å². The quantitative estimate of drug-likeness (QED) is 0.0701. The van der Waals surface area contributed by atoms with Gasteiger partial charge in [0.25, 0.3) is 5.56 Å². The van der Waals surface area contributed by atoms with Crippen LogP contribution < -0.4 is 15.6 Å². The predicted molar refractivity (Wildman–Crippen MR) is 274 cm³/mol. The number of hydrogen-bond donors (Lipinski definition) is 5. The second kappa shape index (κ2) is 19.9. The zero-order valence-corrected chi connectivity index (χ0v) is 42.6. The molecule has 2 amide bonds. The molecule has 0 aliphatic carbocycles. The number of phenolic OH excluding ortho intramolecular Hbond substituents is 2. The maximum atomic E-state index is 14.0. The standard InChI is InChI=1S/C55H63N9O10/c1-7-36-38-22-35(14-15-43(38)57-47-40(36)28-63-44(47)24-42-41(52(63)69)29-73-53(70)55(42,72)8-2)74-54(71)62-21-20-61(26-31(62)6)51(68)33-16-18-60(19-17-33)27-32-10-12-34(13-11-32)64-48(58-59-49(64)50(67)56-9-3)39-23-37(30(4)5)45(65)25-46(39)66/h10-15,22-25,30-31,33,50,56,65-67,72H,7-9,16-21,26-29H2,1-6H3. The number of ether oxygens (including phenoxy) is 2. The normalized spacial score (nSPS) is 19.4. The summed E-state index contributed by atoms with van der Waals surface area (Å²) in [5.74, 6) is -0.0726. The van der Waals surface area contributed by atoms with Crippen molar-refractivity contribution >= 4 is 28.9 Å². The van der Waals surface area contributed by atoms with Gasteiger partial charge in [0, 0.05) is 66.4 Å². The smallest absolute Gasteiger partial charge is 0.415 e. The van der Waals surface area contributed by atoms with Crippen LogP contribution in [0.1, 0.15) is 112 Å². The number of fused-ring (bicyclic) bond motifs is 5. The number of carbonyl (C=O) groups excluding carboxylic acids is 3. The number of aromatic hydroxyl groups is 2. The number of pyridine rings is 2. The zero-order valence-electron chi connectivity index (χ0n) is 42.6. The fourth-order valence-corrected chi connectivity index (χ4v) is 11.2. The summed E-state index contributed by atoms with van der Waals surface area (Å²) in [6.45, 7) is 15.2. The molecule has 3 aromatic carbocycles. The monoisotopic (exact) mass is 1010 g/mol. The largest absolute Gasteiger partial charge is 0.508 e. The van der Waals surface area contributed by atoms with Gasteiger partial charge in [-0.3, -0.25) is 24.4 Å². The predicted octanol–water partition coefficient (Wildman–Crippen LogP) is 5.97. The number of aromatic nitrogens is 5.